The highest BCUT2D eigenvalue weighted by atomic mass is 19.3. The predicted molar refractivity (Wildman–Crippen MR) is 67.7 cm³/mol. The van der Waals surface area contributed by atoms with Crippen LogP contribution in [0, 0.1) is 0 Å². The molecule has 0 heterocycles. The van der Waals surface area contributed by atoms with Crippen LogP contribution in [0.3, 0.4) is 0 Å². The molecule has 0 aliphatic heterocycles. The number of methoxy groups -OCH3 is 1. The second-order valence-corrected chi connectivity index (χ2v) is 3.96. The summed E-state index contributed by atoms with van der Waals surface area (Å²) < 4.78 is 34.0. The molecule has 0 fully saturated rings. The monoisotopic (exact) mass is 275 g/mol. The fourth-order valence-corrected chi connectivity index (χ4v) is 1.76. The van der Waals surface area contributed by atoms with Crippen molar-refractivity contribution in [2.75, 3.05) is 26.8 Å². The number of ether oxygens (including phenoxy) is 2. The highest BCUT2D eigenvalue weighted by Gasteiger charge is 2.12. The van der Waals surface area contributed by atoms with Gasteiger partial charge in [0, 0.05) is 13.1 Å². The number of nitrogens with zero attached hydrogens (tertiary/aromatic N) is 1. The molecule has 1 rings (SSSR count). The van der Waals surface area contributed by atoms with Gasteiger partial charge in [-0.05, 0) is 24.2 Å². The molecule has 0 radical (unpaired) electrons. The molecular formula is C13H19F2NO3. The van der Waals surface area contributed by atoms with Gasteiger partial charge in [-0.3, -0.25) is 4.90 Å². The number of benzene rings is 1. The molecule has 0 saturated carbocycles. The topological polar surface area (TPSA) is 41.9 Å². The number of rotatable bonds is 8. The van der Waals surface area contributed by atoms with E-state index in [1.54, 1.807) is 12.1 Å². The van der Waals surface area contributed by atoms with Crippen molar-refractivity contribution in [3.05, 3.63) is 23.8 Å². The lowest BCUT2D eigenvalue weighted by Crippen LogP contribution is -2.26. The second kappa shape index (κ2) is 7.91. The molecule has 1 N–H and O–H groups in total. The number of aliphatic hydroxyl groups is 1. The Hall–Kier alpha value is -1.40. The highest BCUT2D eigenvalue weighted by molar-refractivity contribution is 5.43. The maximum Gasteiger partial charge on any atom is 0.387 e. The molecular weight excluding hydrogens is 256 g/mol. The van der Waals surface area contributed by atoms with E-state index in [9.17, 15) is 8.78 Å². The van der Waals surface area contributed by atoms with Gasteiger partial charge in [0.1, 0.15) is 0 Å². The van der Waals surface area contributed by atoms with Gasteiger partial charge in [-0.1, -0.05) is 13.0 Å². The molecule has 0 atom stereocenters. The zero-order valence-electron chi connectivity index (χ0n) is 11.1. The van der Waals surface area contributed by atoms with Crippen LogP contribution < -0.4 is 9.47 Å². The summed E-state index contributed by atoms with van der Waals surface area (Å²) in [6, 6.07) is 4.92. The van der Waals surface area contributed by atoms with Gasteiger partial charge in [-0.2, -0.15) is 8.78 Å². The maximum atomic E-state index is 12.3. The van der Waals surface area contributed by atoms with E-state index in [4.69, 9.17) is 9.84 Å². The Balaban J connectivity index is 2.84. The zero-order valence-corrected chi connectivity index (χ0v) is 11.1. The summed E-state index contributed by atoms with van der Waals surface area (Å²) >= 11 is 0. The van der Waals surface area contributed by atoms with Crippen LogP contribution in [0.5, 0.6) is 11.5 Å². The Bertz CT molecular complexity index is 388. The van der Waals surface area contributed by atoms with Gasteiger partial charge in [-0.15, -0.1) is 0 Å². The molecule has 0 aliphatic rings. The molecule has 0 amide bonds. The zero-order chi connectivity index (χ0) is 14.3. The lowest BCUT2D eigenvalue weighted by Gasteiger charge is -2.20. The summed E-state index contributed by atoms with van der Waals surface area (Å²) in [5.74, 6) is 0.296. The third-order valence-electron chi connectivity index (χ3n) is 2.71. The quantitative estimate of drug-likeness (QED) is 0.789. The summed E-state index contributed by atoms with van der Waals surface area (Å²) in [5.41, 5.74) is 0.826. The summed E-state index contributed by atoms with van der Waals surface area (Å²) in [4.78, 5) is 1.99. The molecule has 0 aliphatic carbocycles. The lowest BCUT2D eigenvalue weighted by molar-refractivity contribution is -0.0512. The summed E-state index contributed by atoms with van der Waals surface area (Å²) in [7, 11) is 1.40. The van der Waals surface area contributed by atoms with Crippen LogP contribution in [0.1, 0.15) is 12.5 Å². The molecule has 108 valence electrons. The van der Waals surface area contributed by atoms with Gasteiger partial charge in [-0.25, -0.2) is 0 Å². The third kappa shape index (κ3) is 5.00. The first kappa shape index (κ1) is 15.7. The number of halogens is 2. The van der Waals surface area contributed by atoms with E-state index in [1.165, 1.54) is 13.2 Å². The van der Waals surface area contributed by atoms with Gasteiger partial charge in [0.2, 0.25) is 0 Å². The average Bonchev–Trinajstić information content (AvgIpc) is 2.38. The summed E-state index contributed by atoms with van der Waals surface area (Å²) in [5, 5.41) is 8.92. The van der Waals surface area contributed by atoms with Crippen molar-refractivity contribution in [2.24, 2.45) is 0 Å². The van der Waals surface area contributed by atoms with Gasteiger partial charge >= 0.3 is 6.61 Å². The number of aliphatic hydroxyl groups excluding tert-OH is 1. The van der Waals surface area contributed by atoms with Gasteiger partial charge in [0.15, 0.2) is 11.5 Å². The SMILES string of the molecule is CCN(CCO)Cc1ccc(OC)c(OC(F)F)c1. The first-order valence-electron chi connectivity index (χ1n) is 6.05. The van der Waals surface area contributed by atoms with Crippen molar-refractivity contribution in [1.82, 2.24) is 4.90 Å². The van der Waals surface area contributed by atoms with Gasteiger partial charge in [0.05, 0.1) is 13.7 Å². The van der Waals surface area contributed by atoms with Crippen LogP contribution >= 0.6 is 0 Å². The molecule has 6 heteroatoms. The fraction of sp³-hybridized carbons (Fsp3) is 0.538. The molecule has 1 aromatic rings. The van der Waals surface area contributed by atoms with Crippen LogP contribution in [0.15, 0.2) is 18.2 Å². The lowest BCUT2D eigenvalue weighted by atomic mass is 10.2. The van der Waals surface area contributed by atoms with Crippen molar-refractivity contribution in [3.63, 3.8) is 0 Å². The highest BCUT2D eigenvalue weighted by Crippen LogP contribution is 2.29. The number of hydrogen-bond acceptors (Lipinski definition) is 4. The van der Waals surface area contributed by atoms with Gasteiger partial charge < -0.3 is 14.6 Å². The maximum absolute atomic E-state index is 12.3. The molecule has 0 aromatic heterocycles. The standard InChI is InChI=1S/C13H19F2NO3/c1-3-16(6-7-17)9-10-4-5-11(18-2)12(8-10)19-13(14)15/h4-5,8,13,17H,3,6-7,9H2,1-2H3. The number of alkyl halides is 2. The molecule has 19 heavy (non-hydrogen) atoms. The Kier molecular flexibility index (Phi) is 6.52. The number of hydrogen-bond donors (Lipinski definition) is 1. The summed E-state index contributed by atoms with van der Waals surface area (Å²) in [6.07, 6.45) is 0. The Labute approximate surface area is 111 Å². The summed E-state index contributed by atoms with van der Waals surface area (Å²) in [6.45, 7) is 0.996. The fourth-order valence-electron chi connectivity index (χ4n) is 1.76. The number of likely N-dealkylation sites (N-methyl/N-ethyl adjacent to an activating group) is 1. The van der Waals surface area contributed by atoms with E-state index in [0.29, 0.717) is 13.1 Å². The van der Waals surface area contributed by atoms with Crippen molar-refractivity contribution in [2.45, 2.75) is 20.1 Å². The first-order valence-corrected chi connectivity index (χ1v) is 6.05. The second-order valence-electron chi connectivity index (χ2n) is 3.96. The van der Waals surface area contributed by atoms with E-state index in [-0.39, 0.29) is 18.1 Å². The Morgan fingerprint density at radius 3 is 2.58 bits per heavy atom. The van der Waals surface area contributed by atoms with Crippen molar-refractivity contribution in [3.8, 4) is 11.5 Å². The van der Waals surface area contributed by atoms with Crippen molar-refractivity contribution >= 4 is 0 Å². The average molecular weight is 275 g/mol. The largest absolute Gasteiger partial charge is 0.493 e. The van der Waals surface area contributed by atoms with E-state index in [2.05, 4.69) is 4.74 Å². The van der Waals surface area contributed by atoms with E-state index in [1.807, 2.05) is 11.8 Å². The smallest absolute Gasteiger partial charge is 0.387 e. The molecule has 0 unspecified atom stereocenters. The molecule has 1 aromatic carbocycles. The minimum atomic E-state index is -2.89. The van der Waals surface area contributed by atoms with Crippen molar-refractivity contribution in [1.29, 1.82) is 0 Å². The first-order chi connectivity index (χ1) is 9.10. The normalized spacial score (nSPS) is 11.1. The third-order valence-corrected chi connectivity index (χ3v) is 2.71. The molecule has 0 saturated heterocycles. The van der Waals surface area contributed by atoms with Crippen LogP contribution in [-0.4, -0.2) is 43.4 Å². The van der Waals surface area contributed by atoms with Crippen LogP contribution in [0.25, 0.3) is 0 Å². The van der Waals surface area contributed by atoms with Gasteiger partial charge in [0.25, 0.3) is 0 Å². The van der Waals surface area contributed by atoms with Crippen LogP contribution in [-0.2, 0) is 6.54 Å². The minimum Gasteiger partial charge on any atom is -0.493 e. The van der Waals surface area contributed by atoms with Crippen LogP contribution in [0.4, 0.5) is 8.78 Å². The minimum absolute atomic E-state index is 0.0232. The van der Waals surface area contributed by atoms with Crippen LogP contribution in [0.2, 0.25) is 0 Å². The molecule has 0 spiro atoms. The molecule has 0 bridgehead atoms. The van der Waals surface area contributed by atoms with E-state index in [0.717, 1.165) is 12.1 Å². The van der Waals surface area contributed by atoms with Crippen molar-refractivity contribution < 1.29 is 23.4 Å². The Morgan fingerprint density at radius 1 is 1.32 bits per heavy atom. The Morgan fingerprint density at radius 2 is 2.05 bits per heavy atom. The van der Waals surface area contributed by atoms with E-state index >= 15 is 0 Å². The predicted octanol–water partition coefficient (Wildman–Crippen LogP) is 2.11. The molecule has 4 nitrogen and oxygen atoms in total. The van der Waals surface area contributed by atoms with E-state index < -0.39 is 6.61 Å².